The molecule has 0 aliphatic rings. The van der Waals surface area contributed by atoms with E-state index < -0.39 is 4.92 Å². The summed E-state index contributed by atoms with van der Waals surface area (Å²) in [4.78, 5) is 21.9. The smallest absolute Gasteiger partial charge is 0.271 e. The molecule has 1 rings (SSSR count). The lowest BCUT2D eigenvalue weighted by molar-refractivity contribution is -0.384. The van der Waals surface area contributed by atoms with E-state index in [-0.39, 0.29) is 11.6 Å². The SMILES string of the molecule is COc1ccc([N+](=O)[O-])cc1NC(=O)CCC(C)C. The van der Waals surface area contributed by atoms with Crippen molar-refractivity contribution < 1.29 is 14.5 Å². The van der Waals surface area contributed by atoms with Crippen molar-refractivity contribution >= 4 is 17.3 Å². The van der Waals surface area contributed by atoms with Gasteiger partial charge in [0.05, 0.1) is 17.7 Å². The van der Waals surface area contributed by atoms with Gasteiger partial charge in [-0.3, -0.25) is 14.9 Å². The van der Waals surface area contributed by atoms with E-state index in [1.807, 2.05) is 13.8 Å². The molecule has 0 unspecified atom stereocenters. The largest absolute Gasteiger partial charge is 0.495 e. The molecular formula is C13H18N2O4. The molecule has 0 saturated heterocycles. The van der Waals surface area contributed by atoms with Gasteiger partial charge in [-0.15, -0.1) is 0 Å². The van der Waals surface area contributed by atoms with Gasteiger partial charge in [0.15, 0.2) is 0 Å². The zero-order valence-corrected chi connectivity index (χ0v) is 11.3. The number of hydrogen-bond acceptors (Lipinski definition) is 4. The fraction of sp³-hybridized carbons (Fsp3) is 0.462. The van der Waals surface area contributed by atoms with Gasteiger partial charge in [0.1, 0.15) is 5.75 Å². The second-order valence-corrected chi connectivity index (χ2v) is 4.62. The molecular weight excluding hydrogens is 248 g/mol. The summed E-state index contributed by atoms with van der Waals surface area (Å²) in [5.41, 5.74) is 0.241. The molecule has 6 heteroatoms. The van der Waals surface area contributed by atoms with Crippen molar-refractivity contribution in [1.82, 2.24) is 0 Å². The molecule has 0 aromatic heterocycles. The first-order chi connectivity index (χ1) is 8.93. The highest BCUT2D eigenvalue weighted by atomic mass is 16.6. The fourth-order valence-corrected chi connectivity index (χ4v) is 1.54. The second kappa shape index (κ2) is 6.72. The fourth-order valence-electron chi connectivity index (χ4n) is 1.54. The van der Waals surface area contributed by atoms with E-state index in [1.54, 1.807) is 0 Å². The summed E-state index contributed by atoms with van der Waals surface area (Å²) in [6.07, 6.45) is 1.15. The van der Waals surface area contributed by atoms with E-state index in [0.29, 0.717) is 23.8 Å². The van der Waals surface area contributed by atoms with Gasteiger partial charge in [-0.1, -0.05) is 13.8 Å². The van der Waals surface area contributed by atoms with Crippen molar-refractivity contribution in [2.75, 3.05) is 12.4 Å². The first-order valence-corrected chi connectivity index (χ1v) is 6.06. The Morgan fingerprint density at radius 2 is 2.16 bits per heavy atom. The quantitative estimate of drug-likeness (QED) is 0.634. The lowest BCUT2D eigenvalue weighted by atomic mass is 10.1. The number of rotatable bonds is 6. The monoisotopic (exact) mass is 266 g/mol. The van der Waals surface area contributed by atoms with Crippen LogP contribution in [0.25, 0.3) is 0 Å². The molecule has 0 heterocycles. The third kappa shape index (κ3) is 4.57. The molecule has 19 heavy (non-hydrogen) atoms. The molecule has 1 amide bonds. The van der Waals surface area contributed by atoms with E-state index in [4.69, 9.17) is 4.74 Å². The lowest BCUT2D eigenvalue weighted by Crippen LogP contribution is -2.13. The predicted molar refractivity (Wildman–Crippen MR) is 72.4 cm³/mol. The van der Waals surface area contributed by atoms with Crippen LogP contribution in [0.1, 0.15) is 26.7 Å². The van der Waals surface area contributed by atoms with Crippen molar-refractivity contribution in [1.29, 1.82) is 0 Å². The van der Waals surface area contributed by atoms with Crippen molar-refractivity contribution in [2.45, 2.75) is 26.7 Å². The molecule has 0 aliphatic heterocycles. The van der Waals surface area contributed by atoms with Gasteiger partial charge in [0.2, 0.25) is 5.91 Å². The van der Waals surface area contributed by atoms with Crippen LogP contribution < -0.4 is 10.1 Å². The molecule has 0 radical (unpaired) electrons. The average Bonchev–Trinajstić information content (AvgIpc) is 2.36. The molecule has 0 saturated carbocycles. The Morgan fingerprint density at radius 1 is 1.47 bits per heavy atom. The van der Waals surface area contributed by atoms with E-state index in [2.05, 4.69) is 5.32 Å². The minimum absolute atomic E-state index is 0.0834. The Hall–Kier alpha value is -2.11. The van der Waals surface area contributed by atoms with E-state index >= 15 is 0 Å². The second-order valence-electron chi connectivity index (χ2n) is 4.62. The normalized spacial score (nSPS) is 10.3. The summed E-state index contributed by atoms with van der Waals surface area (Å²) >= 11 is 0. The molecule has 0 bridgehead atoms. The van der Waals surface area contributed by atoms with Gasteiger partial charge >= 0.3 is 0 Å². The number of non-ortho nitro benzene ring substituents is 1. The maximum atomic E-state index is 11.7. The molecule has 0 aliphatic carbocycles. The van der Waals surface area contributed by atoms with E-state index in [1.165, 1.54) is 25.3 Å². The van der Waals surface area contributed by atoms with Gasteiger partial charge in [-0.25, -0.2) is 0 Å². The predicted octanol–water partition coefficient (Wildman–Crippen LogP) is 2.98. The summed E-state index contributed by atoms with van der Waals surface area (Å²) in [7, 11) is 1.45. The van der Waals surface area contributed by atoms with Crippen LogP contribution in [-0.4, -0.2) is 17.9 Å². The molecule has 0 fully saturated rings. The number of hydrogen-bond donors (Lipinski definition) is 1. The minimum atomic E-state index is -0.511. The number of methoxy groups -OCH3 is 1. The Kier molecular flexibility index (Phi) is 5.29. The van der Waals surface area contributed by atoms with Crippen LogP contribution in [0, 0.1) is 16.0 Å². The highest BCUT2D eigenvalue weighted by Crippen LogP contribution is 2.29. The van der Waals surface area contributed by atoms with Crippen molar-refractivity contribution in [3.63, 3.8) is 0 Å². The molecule has 0 atom stereocenters. The van der Waals surface area contributed by atoms with Crippen molar-refractivity contribution in [3.05, 3.63) is 28.3 Å². The van der Waals surface area contributed by atoms with Gasteiger partial charge in [0.25, 0.3) is 5.69 Å². The Bertz CT molecular complexity index is 472. The average molecular weight is 266 g/mol. The van der Waals surface area contributed by atoms with Gasteiger partial charge < -0.3 is 10.1 Å². The van der Waals surface area contributed by atoms with Gasteiger partial charge in [0, 0.05) is 18.6 Å². The molecule has 104 valence electrons. The van der Waals surface area contributed by atoms with Crippen LogP contribution in [-0.2, 0) is 4.79 Å². The number of carbonyl (C=O) groups is 1. The van der Waals surface area contributed by atoms with E-state index in [9.17, 15) is 14.9 Å². The van der Waals surface area contributed by atoms with Crippen LogP contribution in [0.5, 0.6) is 5.75 Å². The first-order valence-electron chi connectivity index (χ1n) is 6.06. The standard InChI is InChI=1S/C13H18N2O4/c1-9(2)4-7-13(16)14-11-8-10(15(17)18)5-6-12(11)19-3/h5-6,8-9H,4,7H2,1-3H3,(H,14,16). The number of amides is 1. The van der Waals surface area contributed by atoms with E-state index in [0.717, 1.165) is 6.42 Å². The Labute approximate surface area is 111 Å². The maximum absolute atomic E-state index is 11.7. The highest BCUT2D eigenvalue weighted by Gasteiger charge is 2.13. The number of nitrogens with zero attached hydrogens (tertiary/aromatic N) is 1. The van der Waals surface area contributed by atoms with Crippen LogP contribution in [0.15, 0.2) is 18.2 Å². The lowest BCUT2D eigenvalue weighted by Gasteiger charge is -2.10. The number of benzene rings is 1. The summed E-state index contributed by atoms with van der Waals surface area (Å²) in [6, 6.07) is 4.10. The molecule has 1 aromatic rings. The number of nitrogens with one attached hydrogen (secondary N) is 1. The van der Waals surface area contributed by atoms with Crippen molar-refractivity contribution in [2.24, 2.45) is 5.92 Å². The molecule has 0 spiro atoms. The van der Waals surface area contributed by atoms with Crippen LogP contribution in [0.4, 0.5) is 11.4 Å². The summed E-state index contributed by atoms with van der Waals surface area (Å²) < 4.78 is 5.07. The Balaban J connectivity index is 2.82. The minimum Gasteiger partial charge on any atom is -0.495 e. The number of nitro groups is 1. The first kappa shape index (κ1) is 14.9. The topological polar surface area (TPSA) is 81.5 Å². The Morgan fingerprint density at radius 3 is 2.68 bits per heavy atom. The maximum Gasteiger partial charge on any atom is 0.271 e. The number of carbonyl (C=O) groups excluding carboxylic acids is 1. The third-order valence-electron chi connectivity index (χ3n) is 2.62. The molecule has 1 aromatic carbocycles. The third-order valence-corrected chi connectivity index (χ3v) is 2.62. The summed E-state index contributed by atoms with van der Waals surface area (Å²) in [5.74, 6) is 0.661. The van der Waals surface area contributed by atoms with Crippen LogP contribution >= 0.6 is 0 Å². The number of ether oxygens (including phenoxy) is 1. The summed E-state index contributed by atoms with van der Waals surface area (Å²) in [5, 5.41) is 13.3. The number of nitro benzene ring substituents is 1. The van der Waals surface area contributed by atoms with Crippen molar-refractivity contribution in [3.8, 4) is 5.75 Å². The number of anilines is 1. The molecule has 6 nitrogen and oxygen atoms in total. The molecule has 1 N–H and O–H groups in total. The zero-order chi connectivity index (χ0) is 14.4. The van der Waals surface area contributed by atoms with Crippen LogP contribution in [0.3, 0.4) is 0 Å². The summed E-state index contributed by atoms with van der Waals surface area (Å²) in [6.45, 7) is 4.06. The highest BCUT2D eigenvalue weighted by molar-refractivity contribution is 5.92. The van der Waals surface area contributed by atoms with Gasteiger partial charge in [-0.05, 0) is 18.4 Å². The van der Waals surface area contributed by atoms with Crippen LogP contribution in [0.2, 0.25) is 0 Å². The van der Waals surface area contributed by atoms with Gasteiger partial charge in [-0.2, -0.15) is 0 Å². The zero-order valence-electron chi connectivity index (χ0n) is 11.3.